The van der Waals surface area contributed by atoms with Gasteiger partial charge in [0.2, 0.25) is 5.82 Å². The number of piperidine rings is 1. The highest BCUT2D eigenvalue weighted by Gasteiger charge is 2.35. The molecule has 0 aromatic carbocycles. The minimum atomic E-state index is -0.111. The van der Waals surface area contributed by atoms with E-state index in [2.05, 4.69) is 21.8 Å². The maximum atomic E-state index is 13.0. The standard InChI is InChI=1S/C19H31N5O2/c1-4-19(12-25)6-9-23(10-7-19)18(26)16-21-14(3)13(2)17(22-16)24-8-5-15(20)11-24/h15,25H,4-12,20H2,1-3H3/t15-/m1/s1. The van der Waals surface area contributed by atoms with Crippen LogP contribution in [0.3, 0.4) is 0 Å². The van der Waals surface area contributed by atoms with Crippen molar-refractivity contribution in [2.45, 2.75) is 52.5 Å². The minimum Gasteiger partial charge on any atom is -0.396 e. The molecule has 144 valence electrons. The highest BCUT2D eigenvalue weighted by molar-refractivity contribution is 5.91. The Morgan fingerprint density at radius 2 is 1.96 bits per heavy atom. The molecule has 7 nitrogen and oxygen atoms in total. The van der Waals surface area contributed by atoms with Gasteiger partial charge >= 0.3 is 0 Å². The van der Waals surface area contributed by atoms with Crippen LogP contribution in [0.1, 0.15) is 54.5 Å². The molecule has 3 N–H and O–H groups in total. The first-order valence-corrected chi connectivity index (χ1v) is 9.65. The summed E-state index contributed by atoms with van der Waals surface area (Å²) >= 11 is 0. The maximum absolute atomic E-state index is 13.0. The van der Waals surface area contributed by atoms with Gasteiger partial charge in [-0.05, 0) is 44.9 Å². The van der Waals surface area contributed by atoms with Crippen LogP contribution >= 0.6 is 0 Å². The molecular formula is C19H31N5O2. The summed E-state index contributed by atoms with van der Waals surface area (Å²) in [4.78, 5) is 26.1. The second-order valence-electron chi connectivity index (χ2n) is 7.88. The van der Waals surface area contributed by atoms with Crippen molar-refractivity contribution in [1.29, 1.82) is 0 Å². The third-order valence-corrected chi connectivity index (χ3v) is 6.28. The number of anilines is 1. The van der Waals surface area contributed by atoms with E-state index in [1.54, 1.807) is 0 Å². The molecule has 0 saturated carbocycles. The number of hydrogen-bond donors (Lipinski definition) is 2. The number of aliphatic hydroxyl groups is 1. The largest absolute Gasteiger partial charge is 0.396 e. The number of nitrogens with zero attached hydrogens (tertiary/aromatic N) is 4. The average Bonchev–Trinajstić information content (AvgIpc) is 3.09. The summed E-state index contributed by atoms with van der Waals surface area (Å²) in [5.74, 6) is 1.00. The van der Waals surface area contributed by atoms with E-state index in [0.29, 0.717) is 13.1 Å². The van der Waals surface area contributed by atoms with Crippen LogP contribution in [0.5, 0.6) is 0 Å². The second-order valence-corrected chi connectivity index (χ2v) is 7.88. The summed E-state index contributed by atoms with van der Waals surface area (Å²) in [5, 5.41) is 9.69. The summed E-state index contributed by atoms with van der Waals surface area (Å²) in [6.45, 7) is 9.15. The van der Waals surface area contributed by atoms with E-state index < -0.39 is 0 Å². The molecule has 2 saturated heterocycles. The summed E-state index contributed by atoms with van der Waals surface area (Å²) in [5.41, 5.74) is 7.85. The van der Waals surface area contributed by atoms with Gasteiger partial charge in [-0.15, -0.1) is 0 Å². The Kier molecular flexibility index (Phi) is 5.48. The van der Waals surface area contributed by atoms with Gasteiger partial charge in [-0.25, -0.2) is 9.97 Å². The number of amides is 1. The number of likely N-dealkylation sites (tertiary alicyclic amines) is 1. The summed E-state index contributed by atoms with van der Waals surface area (Å²) in [6.07, 6.45) is 3.53. The smallest absolute Gasteiger partial charge is 0.291 e. The summed E-state index contributed by atoms with van der Waals surface area (Å²) in [6, 6.07) is 0.159. The van der Waals surface area contributed by atoms with E-state index in [1.807, 2.05) is 18.7 Å². The van der Waals surface area contributed by atoms with E-state index in [4.69, 9.17) is 5.73 Å². The predicted molar refractivity (Wildman–Crippen MR) is 101 cm³/mol. The van der Waals surface area contributed by atoms with Crippen molar-refractivity contribution in [1.82, 2.24) is 14.9 Å². The van der Waals surface area contributed by atoms with Gasteiger partial charge in [0.1, 0.15) is 5.82 Å². The molecule has 7 heteroatoms. The molecule has 2 aliphatic rings. The molecule has 2 fully saturated rings. The Balaban J connectivity index is 1.79. The summed E-state index contributed by atoms with van der Waals surface area (Å²) < 4.78 is 0. The number of aromatic nitrogens is 2. The Morgan fingerprint density at radius 3 is 2.50 bits per heavy atom. The van der Waals surface area contributed by atoms with Crippen molar-refractivity contribution < 1.29 is 9.90 Å². The van der Waals surface area contributed by atoms with Crippen molar-refractivity contribution in [3.63, 3.8) is 0 Å². The topological polar surface area (TPSA) is 95.6 Å². The van der Waals surface area contributed by atoms with Crippen LogP contribution in [0.25, 0.3) is 0 Å². The molecule has 0 radical (unpaired) electrons. The number of rotatable bonds is 4. The molecule has 0 bridgehead atoms. The fourth-order valence-electron chi connectivity index (χ4n) is 3.95. The SMILES string of the molecule is CCC1(CO)CCN(C(=O)c2nc(C)c(C)c(N3CC[C@@H](N)C3)n2)CC1. The lowest BCUT2D eigenvalue weighted by Gasteiger charge is -2.40. The van der Waals surface area contributed by atoms with E-state index >= 15 is 0 Å². The monoisotopic (exact) mass is 361 g/mol. The van der Waals surface area contributed by atoms with E-state index in [-0.39, 0.29) is 29.8 Å². The first-order chi connectivity index (χ1) is 12.4. The second kappa shape index (κ2) is 7.48. The van der Waals surface area contributed by atoms with Gasteiger partial charge in [0.15, 0.2) is 0 Å². The fourth-order valence-corrected chi connectivity index (χ4v) is 3.95. The van der Waals surface area contributed by atoms with Gasteiger partial charge in [-0.1, -0.05) is 6.92 Å². The first kappa shape index (κ1) is 19.0. The van der Waals surface area contributed by atoms with Gasteiger partial charge in [0.05, 0.1) is 0 Å². The van der Waals surface area contributed by atoms with Crippen LogP contribution in [0.2, 0.25) is 0 Å². The number of carbonyl (C=O) groups is 1. The first-order valence-electron chi connectivity index (χ1n) is 9.65. The van der Waals surface area contributed by atoms with Gasteiger partial charge in [0, 0.05) is 50.1 Å². The van der Waals surface area contributed by atoms with Crippen LogP contribution < -0.4 is 10.6 Å². The molecule has 3 heterocycles. The lowest BCUT2D eigenvalue weighted by atomic mass is 9.77. The van der Waals surface area contributed by atoms with Crippen LogP contribution in [-0.2, 0) is 0 Å². The fraction of sp³-hybridized carbons (Fsp3) is 0.737. The molecule has 3 rings (SSSR count). The van der Waals surface area contributed by atoms with Gasteiger partial charge in [-0.2, -0.15) is 0 Å². The zero-order chi connectivity index (χ0) is 18.9. The van der Waals surface area contributed by atoms with Crippen LogP contribution in [0.15, 0.2) is 0 Å². The molecule has 0 unspecified atom stereocenters. The molecule has 0 spiro atoms. The van der Waals surface area contributed by atoms with Crippen molar-refractivity contribution in [3.05, 3.63) is 17.1 Å². The van der Waals surface area contributed by atoms with Crippen LogP contribution in [-0.4, -0.2) is 64.7 Å². The zero-order valence-electron chi connectivity index (χ0n) is 16.2. The molecule has 1 aromatic rings. The van der Waals surface area contributed by atoms with Crippen molar-refractivity contribution in [2.24, 2.45) is 11.1 Å². The lowest BCUT2D eigenvalue weighted by molar-refractivity contribution is 0.0331. The predicted octanol–water partition coefficient (Wildman–Crippen LogP) is 1.26. The number of carbonyl (C=O) groups excluding carboxylic acids is 1. The molecule has 1 atom stereocenters. The van der Waals surface area contributed by atoms with E-state index in [0.717, 1.165) is 55.8 Å². The number of aliphatic hydroxyl groups excluding tert-OH is 1. The minimum absolute atomic E-state index is 0.0440. The van der Waals surface area contributed by atoms with E-state index in [9.17, 15) is 9.90 Å². The number of hydrogen-bond acceptors (Lipinski definition) is 6. The van der Waals surface area contributed by atoms with Crippen molar-refractivity contribution in [2.75, 3.05) is 37.7 Å². The highest BCUT2D eigenvalue weighted by atomic mass is 16.3. The van der Waals surface area contributed by atoms with E-state index in [1.165, 1.54) is 0 Å². The van der Waals surface area contributed by atoms with Crippen LogP contribution in [0, 0.1) is 19.3 Å². The van der Waals surface area contributed by atoms with Gasteiger partial charge in [0.25, 0.3) is 5.91 Å². The van der Waals surface area contributed by atoms with Crippen molar-refractivity contribution >= 4 is 11.7 Å². The Labute approximate surface area is 155 Å². The maximum Gasteiger partial charge on any atom is 0.291 e. The molecule has 2 aliphatic heterocycles. The summed E-state index contributed by atoms with van der Waals surface area (Å²) in [7, 11) is 0. The number of nitrogens with two attached hydrogens (primary N) is 1. The molecule has 1 amide bonds. The molecule has 0 aliphatic carbocycles. The average molecular weight is 361 g/mol. The van der Waals surface area contributed by atoms with Gasteiger partial charge < -0.3 is 20.6 Å². The van der Waals surface area contributed by atoms with Gasteiger partial charge in [-0.3, -0.25) is 4.79 Å². The molecular weight excluding hydrogens is 330 g/mol. The highest BCUT2D eigenvalue weighted by Crippen LogP contribution is 2.34. The normalized spacial score (nSPS) is 22.7. The zero-order valence-corrected chi connectivity index (χ0v) is 16.2. The molecule has 26 heavy (non-hydrogen) atoms. The Hall–Kier alpha value is -1.73. The lowest BCUT2D eigenvalue weighted by Crippen LogP contribution is -2.45. The molecule has 1 aromatic heterocycles. The third-order valence-electron chi connectivity index (χ3n) is 6.28. The number of aryl methyl sites for hydroxylation is 1. The third kappa shape index (κ3) is 3.55. The van der Waals surface area contributed by atoms with Crippen LogP contribution in [0.4, 0.5) is 5.82 Å². The van der Waals surface area contributed by atoms with Crippen molar-refractivity contribution in [3.8, 4) is 0 Å². The Morgan fingerprint density at radius 1 is 1.27 bits per heavy atom. The Bertz CT molecular complexity index is 664. The quantitative estimate of drug-likeness (QED) is 0.838.